The van der Waals surface area contributed by atoms with Gasteiger partial charge in [-0.05, 0) is 25.8 Å². The van der Waals surface area contributed by atoms with Gasteiger partial charge in [-0.2, -0.15) is 4.98 Å². The van der Waals surface area contributed by atoms with Crippen LogP contribution in [0.1, 0.15) is 50.2 Å². The molecule has 1 aromatic heterocycles. The minimum Gasteiger partial charge on any atom is -0.355 e. The van der Waals surface area contributed by atoms with Gasteiger partial charge in [0.1, 0.15) is 0 Å². The Morgan fingerprint density at radius 2 is 2.20 bits per heavy atom. The zero-order valence-electron chi connectivity index (χ0n) is 11.9. The number of carbonyl (C=O) groups excluding carboxylic acids is 1. The van der Waals surface area contributed by atoms with Gasteiger partial charge in [0.15, 0.2) is 5.82 Å². The summed E-state index contributed by atoms with van der Waals surface area (Å²) in [7, 11) is 0. The Kier molecular flexibility index (Phi) is 7.54. The summed E-state index contributed by atoms with van der Waals surface area (Å²) >= 11 is 0. The number of carbonyl (C=O) groups is 1. The number of nitrogens with one attached hydrogen (secondary N) is 2. The summed E-state index contributed by atoms with van der Waals surface area (Å²) in [4.78, 5) is 15.9. The molecule has 6 nitrogen and oxygen atoms in total. The van der Waals surface area contributed by atoms with Gasteiger partial charge < -0.3 is 15.2 Å². The average molecular weight is 303 g/mol. The molecule has 20 heavy (non-hydrogen) atoms. The Morgan fingerprint density at radius 3 is 2.90 bits per heavy atom. The van der Waals surface area contributed by atoms with E-state index in [9.17, 15) is 4.79 Å². The lowest BCUT2D eigenvalue weighted by Gasteiger charge is -2.04. The minimum absolute atomic E-state index is 0. The highest BCUT2D eigenvalue weighted by Crippen LogP contribution is 2.38. The van der Waals surface area contributed by atoms with Crippen LogP contribution in [0, 0.1) is 0 Å². The predicted octanol–water partition coefficient (Wildman–Crippen LogP) is 1.42. The van der Waals surface area contributed by atoms with Crippen molar-refractivity contribution in [1.29, 1.82) is 0 Å². The van der Waals surface area contributed by atoms with Crippen molar-refractivity contribution >= 4 is 18.3 Å². The smallest absolute Gasteiger partial charge is 0.226 e. The van der Waals surface area contributed by atoms with E-state index in [1.165, 1.54) is 12.8 Å². The summed E-state index contributed by atoms with van der Waals surface area (Å²) < 4.78 is 5.16. The zero-order chi connectivity index (χ0) is 13.5. The molecule has 114 valence electrons. The fraction of sp³-hybridized carbons (Fsp3) is 0.769. The molecular weight excluding hydrogens is 280 g/mol. The highest BCUT2D eigenvalue weighted by molar-refractivity contribution is 5.85. The number of nitrogens with zero attached hydrogens (tertiary/aromatic N) is 2. The molecule has 1 aliphatic carbocycles. The van der Waals surface area contributed by atoms with Crippen LogP contribution in [-0.4, -0.2) is 35.7 Å². The molecule has 1 fully saturated rings. The van der Waals surface area contributed by atoms with Gasteiger partial charge in [0.25, 0.3) is 0 Å². The number of hydrogen-bond donors (Lipinski definition) is 2. The van der Waals surface area contributed by atoms with Crippen LogP contribution in [-0.2, 0) is 11.2 Å². The van der Waals surface area contributed by atoms with Crippen LogP contribution in [0.5, 0.6) is 0 Å². The summed E-state index contributed by atoms with van der Waals surface area (Å²) in [5.74, 6) is 2.10. The molecule has 7 heteroatoms. The number of likely N-dealkylation sites (N-methyl/N-ethyl adjacent to an activating group) is 1. The maximum atomic E-state index is 11.5. The van der Waals surface area contributed by atoms with Crippen LogP contribution in [0.4, 0.5) is 0 Å². The van der Waals surface area contributed by atoms with Gasteiger partial charge in [-0.3, -0.25) is 4.79 Å². The maximum Gasteiger partial charge on any atom is 0.226 e. The molecule has 1 saturated carbocycles. The summed E-state index contributed by atoms with van der Waals surface area (Å²) in [6.45, 7) is 4.47. The monoisotopic (exact) mass is 302 g/mol. The summed E-state index contributed by atoms with van der Waals surface area (Å²) in [6, 6.07) is 0. The molecule has 0 saturated heterocycles. The number of aromatic nitrogens is 2. The highest BCUT2D eigenvalue weighted by Gasteiger charge is 2.28. The number of amides is 1. The van der Waals surface area contributed by atoms with Crippen LogP contribution in [0.15, 0.2) is 4.52 Å². The molecule has 2 N–H and O–H groups in total. The van der Waals surface area contributed by atoms with Gasteiger partial charge >= 0.3 is 0 Å². The second-order valence-corrected chi connectivity index (χ2v) is 4.88. The lowest BCUT2D eigenvalue weighted by atomic mass is 10.2. The SMILES string of the molecule is CCNCCNC(=O)CCCc1nc(C2CC2)no1.Cl. The molecule has 0 spiro atoms. The van der Waals surface area contributed by atoms with Gasteiger partial charge in [0, 0.05) is 31.8 Å². The molecule has 1 amide bonds. The molecule has 0 unspecified atom stereocenters. The van der Waals surface area contributed by atoms with Crippen molar-refractivity contribution in [2.24, 2.45) is 0 Å². The van der Waals surface area contributed by atoms with Gasteiger partial charge in [-0.15, -0.1) is 12.4 Å². The summed E-state index contributed by atoms with van der Waals surface area (Å²) in [5, 5.41) is 9.98. The second-order valence-electron chi connectivity index (χ2n) is 4.88. The van der Waals surface area contributed by atoms with E-state index in [0.29, 0.717) is 31.2 Å². The van der Waals surface area contributed by atoms with Crippen molar-refractivity contribution in [3.8, 4) is 0 Å². The lowest BCUT2D eigenvalue weighted by Crippen LogP contribution is -2.31. The molecule has 1 aromatic rings. The number of halogens is 1. The fourth-order valence-electron chi connectivity index (χ4n) is 1.83. The third kappa shape index (κ3) is 5.88. The molecule has 1 aliphatic rings. The van der Waals surface area contributed by atoms with Crippen LogP contribution < -0.4 is 10.6 Å². The molecule has 0 radical (unpaired) electrons. The Bertz CT molecular complexity index is 407. The Morgan fingerprint density at radius 1 is 1.40 bits per heavy atom. The summed E-state index contributed by atoms with van der Waals surface area (Å²) in [6.07, 6.45) is 4.29. The Hall–Kier alpha value is -1.14. The predicted molar refractivity (Wildman–Crippen MR) is 78.0 cm³/mol. The molecule has 0 aromatic carbocycles. The number of aryl methyl sites for hydroxylation is 1. The van der Waals surface area contributed by atoms with E-state index in [1.807, 2.05) is 6.92 Å². The summed E-state index contributed by atoms with van der Waals surface area (Å²) in [5.41, 5.74) is 0. The van der Waals surface area contributed by atoms with E-state index in [1.54, 1.807) is 0 Å². The third-order valence-electron chi connectivity index (χ3n) is 3.09. The standard InChI is InChI=1S/C13H22N4O2.ClH/c1-2-14-8-9-15-11(18)4-3-5-12-16-13(17-19-12)10-6-7-10;/h10,14H,2-9H2,1H3,(H,15,18);1H. The van der Waals surface area contributed by atoms with Crippen LogP contribution >= 0.6 is 12.4 Å². The van der Waals surface area contributed by atoms with Crippen molar-refractivity contribution in [1.82, 2.24) is 20.8 Å². The van der Waals surface area contributed by atoms with Crippen molar-refractivity contribution in [2.75, 3.05) is 19.6 Å². The number of hydrogen-bond acceptors (Lipinski definition) is 5. The van der Waals surface area contributed by atoms with Gasteiger partial charge in [0.2, 0.25) is 11.8 Å². The van der Waals surface area contributed by atoms with Crippen molar-refractivity contribution < 1.29 is 9.32 Å². The van der Waals surface area contributed by atoms with Crippen LogP contribution in [0.25, 0.3) is 0 Å². The van der Waals surface area contributed by atoms with Gasteiger partial charge in [0.05, 0.1) is 0 Å². The van der Waals surface area contributed by atoms with E-state index in [2.05, 4.69) is 20.8 Å². The largest absolute Gasteiger partial charge is 0.355 e. The topological polar surface area (TPSA) is 80.0 Å². The first-order chi connectivity index (χ1) is 9.29. The molecular formula is C13H23ClN4O2. The van der Waals surface area contributed by atoms with Crippen molar-refractivity contribution in [3.05, 3.63) is 11.7 Å². The first-order valence-electron chi connectivity index (χ1n) is 7.09. The maximum absolute atomic E-state index is 11.5. The molecule has 0 bridgehead atoms. The normalized spacial score (nSPS) is 13.8. The quantitative estimate of drug-likeness (QED) is 0.674. The minimum atomic E-state index is 0. The van der Waals surface area contributed by atoms with Crippen molar-refractivity contribution in [2.45, 2.75) is 44.9 Å². The Labute approximate surface area is 125 Å². The highest BCUT2D eigenvalue weighted by atomic mass is 35.5. The number of rotatable bonds is 9. The van der Waals surface area contributed by atoms with Crippen molar-refractivity contribution in [3.63, 3.8) is 0 Å². The molecule has 0 aliphatic heterocycles. The second kappa shape index (κ2) is 8.92. The van der Waals surface area contributed by atoms with E-state index < -0.39 is 0 Å². The molecule has 2 rings (SSSR count). The molecule has 1 heterocycles. The lowest BCUT2D eigenvalue weighted by molar-refractivity contribution is -0.121. The average Bonchev–Trinajstić information content (AvgIpc) is 3.15. The van der Waals surface area contributed by atoms with Crippen LogP contribution in [0.2, 0.25) is 0 Å². The van der Waals surface area contributed by atoms with E-state index >= 15 is 0 Å². The van der Waals surface area contributed by atoms with Crippen LogP contribution in [0.3, 0.4) is 0 Å². The first-order valence-corrected chi connectivity index (χ1v) is 7.09. The van der Waals surface area contributed by atoms with E-state index in [4.69, 9.17) is 4.52 Å². The van der Waals surface area contributed by atoms with E-state index in [0.717, 1.165) is 25.3 Å². The van der Waals surface area contributed by atoms with Gasteiger partial charge in [-0.25, -0.2) is 0 Å². The Balaban J connectivity index is 0.00000200. The first kappa shape index (κ1) is 16.9. The van der Waals surface area contributed by atoms with Gasteiger partial charge in [-0.1, -0.05) is 12.1 Å². The van der Waals surface area contributed by atoms with E-state index in [-0.39, 0.29) is 18.3 Å². The molecule has 0 atom stereocenters. The fourth-order valence-corrected chi connectivity index (χ4v) is 1.83. The third-order valence-corrected chi connectivity index (χ3v) is 3.09. The zero-order valence-corrected chi connectivity index (χ0v) is 12.7.